The quantitative estimate of drug-likeness (QED) is 0.587. The maximum Gasteiger partial charge on any atom is 0.326 e. The van der Waals surface area contributed by atoms with Gasteiger partial charge >= 0.3 is 5.97 Å². The summed E-state index contributed by atoms with van der Waals surface area (Å²) in [6.45, 7) is 1.46. The van der Waals surface area contributed by atoms with Crippen LogP contribution in [0.1, 0.15) is 22.3 Å². The van der Waals surface area contributed by atoms with Crippen LogP contribution < -0.4 is 5.32 Å². The van der Waals surface area contributed by atoms with Crippen LogP contribution in [0.2, 0.25) is 0 Å². The van der Waals surface area contributed by atoms with E-state index in [4.69, 9.17) is 5.11 Å². The lowest BCUT2D eigenvalue weighted by Crippen LogP contribution is -2.41. The van der Waals surface area contributed by atoms with Crippen LogP contribution in [0.5, 0.6) is 0 Å². The third-order valence-corrected chi connectivity index (χ3v) is 3.60. The molecule has 7 nitrogen and oxygen atoms in total. The molecule has 0 bridgehead atoms. The molecule has 0 unspecified atom stereocenters. The molecule has 114 valence electrons. The average molecular weight is 312 g/mol. The maximum atomic E-state index is 12.1. The first-order chi connectivity index (χ1) is 9.88. The standard InChI is InChI=1S/C13H16N2O5S/c1-8-9(4-3-5-11(8)15(19)20)12(16)14-10(13(17)18)6-7-21-2/h3-5,10H,6-7H2,1-2H3,(H,14,16)(H,17,18)/t10-/m1/s1. The van der Waals surface area contributed by atoms with E-state index in [1.54, 1.807) is 0 Å². The summed E-state index contributed by atoms with van der Waals surface area (Å²) in [6.07, 6.45) is 2.13. The highest BCUT2D eigenvalue weighted by molar-refractivity contribution is 7.98. The number of thioether (sulfide) groups is 1. The number of hydrogen-bond donors (Lipinski definition) is 2. The lowest BCUT2D eigenvalue weighted by molar-refractivity contribution is -0.385. The van der Waals surface area contributed by atoms with Crippen molar-refractivity contribution < 1.29 is 19.6 Å². The Bertz CT molecular complexity index is 561. The molecular formula is C13H16N2O5S. The van der Waals surface area contributed by atoms with Gasteiger partial charge in [0, 0.05) is 17.2 Å². The first-order valence-corrected chi connectivity index (χ1v) is 7.54. The Kier molecular flexibility index (Phi) is 6.16. The first-order valence-electron chi connectivity index (χ1n) is 6.15. The predicted octanol–water partition coefficient (Wildman–Crippen LogP) is 1.84. The highest BCUT2D eigenvalue weighted by Crippen LogP contribution is 2.21. The summed E-state index contributed by atoms with van der Waals surface area (Å²) in [5.41, 5.74) is 0.159. The Morgan fingerprint density at radius 3 is 2.67 bits per heavy atom. The van der Waals surface area contributed by atoms with Gasteiger partial charge in [0.1, 0.15) is 6.04 Å². The summed E-state index contributed by atoms with van der Waals surface area (Å²) in [4.78, 5) is 33.5. The van der Waals surface area contributed by atoms with Crippen molar-refractivity contribution in [3.05, 3.63) is 39.4 Å². The Morgan fingerprint density at radius 1 is 1.48 bits per heavy atom. The van der Waals surface area contributed by atoms with E-state index in [0.29, 0.717) is 5.75 Å². The van der Waals surface area contributed by atoms with Gasteiger partial charge in [0.25, 0.3) is 11.6 Å². The van der Waals surface area contributed by atoms with Crippen LogP contribution in [0.3, 0.4) is 0 Å². The van der Waals surface area contributed by atoms with Crippen LogP contribution in [0.25, 0.3) is 0 Å². The SMILES string of the molecule is CSCC[C@@H](NC(=O)c1cccc([N+](=O)[O-])c1C)C(=O)O. The second kappa shape index (κ2) is 7.63. The molecule has 0 aromatic heterocycles. The molecule has 1 rings (SSSR count). The fraction of sp³-hybridized carbons (Fsp3) is 0.385. The van der Waals surface area contributed by atoms with E-state index in [1.807, 2.05) is 6.26 Å². The minimum Gasteiger partial charge on any atom is -0.480 e. The average Bonchev–Trinajstić information content (AvgIpc) is 2.42. The third kappa shape index (κ3) is 4.45. The molecule has 0 saturated carbocycles. The molecule has 0 saturated heterocycles. The number of benzene rings is 1. The van der Waals surface area contributed by atoms with Gasteiger partial charge in [-0.05, 0) is 31.4 Å². The summed E-state index contributed by atoms with van der Waals surface area (Å²) < 4.78 is 0. The van der Waals surface area contributed by atoms with Crippen LogP contribution in [-0.2, 0) is 4.79 Å². The van der Waals surface area contributed by atoms with E-state index >= 15 is 0 Å². The number of amides is 1. The summed E-state index contributed by atoms with van der Waals surface area (Å²) in [5, 5.41) is 22.3. The lowest BCUT2D eigenvalue weighted by atomic mass is 10.1. The molecule has 8 heteroatoms. The van der Waals surface area contributed by atoms with Crippen molar-refractivity contribution in [2.24, 2.45) is 0 Å². The van der Waals surface area contributed by atoms with E-state index < -0.39 is 22.8 Å². The largest absolute Gasteiger partial charge is 0.480 e. The summed E-state index contributed by atoms with van der Waals surface area (Å²) in [6, 6.07) is 3.13. The topological polar surface area (TPSA) is 110 Å². The molecule has 1 atom stereocenters. The zero-order chi connectivity index (χ0) is 16.0. The van der Waals surface area contributed by atoms with Gasteiger partial charge < -0.3 is 10.4 Å². The van der Waals surface area contributed by atoms with Gasteiger partial charge in [-0.1, -0.05) is 6.07 Å². The highest BCUT2D eigenvalue weighted by Gasteiger charge is 2.23. The maximum absolute atomic E-state index is 12.1. The van der Waals surface area contributed by atoms with Gasteiger partial charge in [0.2, 0.25) is 0 Å². The van der Waals surface area contributed by atoms with Crippen LogP contribution >= 0.6 is 11.8 Å². The molecule has 0 radical (unpaired) electrons. The Balaban J connectivity index is 2.95. The van der Waals surface area contributed by atoms with Crippen LogP contribution in [-0.4, -0.2) is 40.0 Å². The molecular weight excluding hydrogens is 296 g/mol. The monoisotopic (exact) mass is 312 g/mol. The molecule has 0 aliphatic carbocycles. The fourth-order valence-electron chi connectivity index (χ4n) is 1.80. The molecule has 21 heavy (non-hydrogen) atoms. The lowest BCUT2D eigenvalue weighted by Gasteiger charge is -2.14. The number of carboxylic acid groups (broad SMARTS) is 1. The fourth-order valence-corrected chi connectivity index (χ4v) is 2.27. The Morgan fingerprint density at radius 2 is 2.14 bits per heavy atom. The number of nitro groups is 1. The van der Waals surface area contributed by atoms with Crippen molar-refractivity contribution in [3.8, 4) is 0 Å². The van der Waals surface area contributed by atoms with Crippen molar-refractivity contribution in [2.75, 3.05) is 12.0 Å². The van der Waals surface area contributed by atoms with Crippen molar-refractivity contribution in [2.45, 2.75) is 19.4 Å². The molecule has 1 aromatic carbocycles. The van der Waals surface area contributed by atoms with Crippen molar-refractivity contribution in [1.82, 2.24) is 5.32 Å². The van der Waals surface area contributed by atoms with Gasteiger partial charge in [-0.15, -0.1) is 0 Å². The molecule has 2 N–H and O–H groups in total. The normalized spacial score (nSPS) is 11.7. The summed E-state index contributed by atoms with van der Waals surface area (Å²) in [5.74, 6) is -1.16. The second-order valence-electron chi connectivity index (χ2n) is 4.35. The molecule has 0 heterocycles. The number of hydrogen-bond acceptors (Lipinski definition) is 5. The van der Waals surface area contributed by atoms with Gasteiger partial charge in [0.15, 0.2) is 0 Å². The highest BCUT2D eigenvalue weighted by atomic mass is 32.2. The summed E-state index contributed by atoms with van der Waals surface area (Å²) in [7, 11) is 0. The minimum atomic E-state index is -1.12. The number of nitrogens with zero attached hydrogens (tertiary/aromatic N) is 1. The zero-order valence-corrected chi connectivity index (χ0v) is 12.5. The Labute approximate surface area is 125 Å². The molecule has 1 amide bonds. The van der Waals surface area contributed by atoms with E-state index in [2.05, 4.69) is 5.32 Å². The number of aliphatic carboxylic acids is 1. The third-order valence-electron chi connectivity index (χ3n) is 2.96. The number of carbonyl (C=O) groups is 2. The first kappa shape index (κ1) is 17.0. The van der Waals surface area contributed by atoms with Gasteiger partial charge in [-0.3, -0.25) is 14.9 Å². The predicted molar refractivity (Wildman–Crippen MR) is 79.7 cm³/mol. The number of nitrogens with one attached hydrogen (secondary N) is 1. The van der Waals surface area contributed by atoms with Crippen LogP contribution in [0.15, 0.2) is 18.2 Å². The number of rotatable bonds is 7. The van der Waals surface area contributed by atoms with Crippen molar-refractivity contribution in [1.29, 1.82) is 0 Å². The zero-order valence-electron chi connectivity index (χ0n) is 11.7. The Hall–Kier alpha value is -2.09. The van der Waals surface area contributed by atoms with Gasteiger partial charge in [-0.25, -0.2) is 4.79 Å². The van der Waals surface area contributed by atoms with Crippen molar-refractivity contribution in [3.63, 3.8) is 0 Å². The van der Waals surface area contributed by atoms with Gasteiger partial charge in [0.05, 0.1) is 4.92 Å². The van der Waals surface area contributed by atoms with Gasteiger partial charge in [-0.2, -0.15) is 11.8 Å². The van der Waals surface area contributed by atoms with Crippen molar-refractivity contribution >= 4 is 29.3 Å². The molecule has 0 aliphatic rings. The van der Waals surface area contributed by atoms with E-state index in [9.17, 15) is 19.7 Å². The van der Waals surface area contributed by atoms with Crippen LogP contribution in [0.4, 0.5) is 5.69 Å². The number of carbonyl (C=O) groups excluding carboxylic acids is 1. The molecule has 0 fully saturated rings. The molecule has 0 aliphatic heterocycles. The van der Waals surface area contributed by atoms with E-state index in [-0.39, 0.29) is 23.2 Å². The summed E-state index contributed by atoms with van der Waals surface area (Å²) >= 11 is 1.48. The smallest absolute Gasteiger partial charge is 0.326 e. The molecule has 1 aromatic rings. The van der Waals surface area contributed by atoms with Crippen LogP contribution in [0, 0.1) is 17.0 Å². The minimum absolute atomic E-state index is 0.111. The number of carboxylic acids is 1. The van der Waals surface area contributed by atoms with E-state index in [0.717, 1.165) is 0 Å². The molecule has 0 spiro atoms. The number of nitro benzene ring substituents is 1. The van der Waals surface area contributed by atoms with E-state index in [1.165, 1.54) is 36.9 Å². The second-order valence-corrected chi connectivity index (χ2v) is 5.34.